The van der Waals surface area contributed by atoms with E-state index in [9.17, 15) is 13.2 Å². The SMILES string of the molecule is CC1CCCC(C)C1Nc1cc(Br)cc(C(F)(F)F)c1. The highest BCUT2D eigenvalue weighted by Gasteiger charge is 2.32. The Hall–Kier alpha value is -0.710. The fraction of sp³-hybridized carbons (Fsp3) is 0.600. The van der Waals surface area contributed by atoms with Crippen molar-refractivity contribution in [3.8, 4) is 0 Å². The van der Waals surface area contributed by atoms with Crippen molar-refractivity contribution < 1.29 is 13.2 Å². The van der Waals surface area contributed by atoms with Crippen molar-refractivity contribution >= 4 is 21.6 Å². The lowest BCUT2D eigenvalue weighted by molar-refractivity contribution is -0.137. The first-order valence-corrected chi connectivity index (χ1v) is 7.71. The molecule has 0 aromatic heterocycles. The van der Waals surface area contributed by atoms with Crippen LogP contribution >= 0.6 is 15.9 Å². The first kappa shape index (κ1) is 15.7. The van der Waals surface area contributed by atoms with Crippen LogP contribution in [0.4, 0.5) is 18.9 Å². The van der Waals surface area contributed by atoms with Gasteiger partial charge in [-0.25, -0.2) is 0 Å². The molecule has 1 nitrogen and oxygen atoms in total. The fourth-order valence-corrected chi connectivity index (χ4v) is 3.49. The zero-order valence-corrected chi connectivity index (χ0v) is 13.2. The Morgan fingerprint density at radius 1 is 1.10 bits per heavy atom. The van der Waals surface area contributed by atoms with Crippen molar-refractivity contribution in [3.05, 3.63) is 28.2 Å². The van der Waals surface area contributed by atoms with Crippen LogP contribution in [0.15, 0.2) is 22.7 Å². The van der Waals surface area contributed by atoms with Gasteiger partial charge in [-0.3, -0.25) is 0 Å². The smallest absolute Gasteiger partial charge is 0.382 e. The summed E-state index contributed by atoms with van der Waals surface area (Å²) in [5.41, 5.74) is -0.0807. The summed E-state index contributed by atoms with van der Waals surface area (Å²) in [6.45, 7) is 4.33. The number of hydrogen-bond acceptors (Lipinski definition) is 1. The molecule has 0 saturated heterocycles. The number of rotatable bonds is 2. The molecule has 1 aromatic rings. The van der Waals surface area contributed by atoms with Gasteiger partial charge in [-0.1, -0.05) is 36.2 Å². The average Bonchev–Trinajstić information content (AvgIpc) is 2.32. The van der Waals surface area contributed by atoms with Gasteiger partial charge in [-0.05, 0) is 42.9 Å². The highest BCUT2D eigenvalue weighted by atomic mass is 79.9. The molecular weight excluding hydrogens is 331 g/mol. The molecule has 0 radical (unpaired) electrons. The number of benzene rings is 1. The topological polar surface area (TPSA) is 12.0 Å². The summed E-state index contributed by atoms with van der Waals surface area (Å²) in [5, 5.41) is 3.30. The van der Waals surface area contributed by atoms with E-state index in [0.717, 1.165) is 18.9 Å². The van der Waals surface area contributed by atoms with E-state index in [1.807, 2.05) is 0 Å². The van der Waals surface area contributed by atoms with Gasteiger partial charge in [0.1, 0.15) is 0 Å². The van der Waals surface area contributed by atoms with Gasteiger partial charge in [-0.15, -0.1) is 0 Å². The Kier molecular flexibility index (Phi) is 4.67. The van der Waals surface area contributed by atoms with Gasteiger partial charge in [-0.2, -0.15) is 13.2 Å². The molecule has 20 heavy (non-hydrogen) atoms. The van der Waals surface area contributed by atoms with Gasteiger partial charge in [0, 0.05) is 16.2 Å². The molecule has 2 rings (SSSR count). The second-order valence-corrected chi connectivity index (χ2v) is 6.70. The van der Waals surface area contributed by atoms with Gasteiger partial charge >= 0.3 is 6.18 Å². The summed E-state index contributed by atoms with van der Waals surface area (Å²) in [7, 11) is 0. The lowest BCUT2D eigenvalue weighted by Gasteiger charge is -2.36. The van der Waals surface area contributed by atoms with Crippen LogP contribution in [0.1, 0.15) is 38.7 Å². The van der Waals surface area contributed by atoms with Crippen LogP contribution < -0.4 is 5.32 Å². The molecule has 1 fully saturated rings. The van der Waals surface area contributed by atoms with Crippen LogP contribution in [0.25, 0.3) is 0 Å². The molecule has 0 aliphatic heterocycles. The summed E-state index contributed by atoms with van der Waals surface area (Å²) in [6, 6.07) is 4.25. The minimum atomic E-state index is -4.32. The monoisotopic (exact) mass is 349 g/mol. The van der Waals surface area contributed by atoms with Crippen LogP contribution in [0, 0.1) is 11.8 Å². The minimum Gasteiger partial charge on any atom is -0.382 e. The van der Waals surface area contributed by atoms with Crippen molar-refractivity contribution in [2.45, 2.75) is 45.3 Å². The number of alkyl halides is 3. The van der Waals surface area contributed by atoms with E-state index in [2.05, 4.69) is 35.1 Å². The first-order valence-electron chi connectivity index (χ1n) is 6.91. The molecule has 5 heteroatoms. The maximum atomic E-state index is 12.8. The second-order valence-electron chi connectivity index (χ2n) is 5.78. The third-order valence-corrected chi connectivity index (χ3v) is 4.56. The number of halogens is 4. The molecular formula is C15H19BrF3N. The summed E-state index contributed by atoms with van der Waals surface area (Å²) < 4.78 is 38.9. The Labute approximate surface area is 126 Å². The van der Waals surface area contributed by atoms with Gasteiger partial charge in [0.25, 0.3) is 0 Å². The molecule has 1 aliphatic carbocycles. The second kappa shape index (κ2) is 5.96. The fourth-order valence-electron chi connectivity index (χ4n) is 3.00. The average molecular weight is 350 g/mol. The van der Waals surface area contributed by atoms with E-state index < -0.39 is 11.7 Å². The van der Waals surface area contributed by atoms with Crippen LogP contribution in [-0.2, 0) is 6.18 Å². The highest BCUT2D eigenvalue weighted by Crippen LogP contribution is 2.36. The molecule has 1 aromatic carbocycles. The predicted molar refractivity (Wildman–Crippen MR) is 78.7 cm³/mol. The Bertz CT molecular complexity index is 463. The van der Waals surface area contributed by atoms with Crippen molar-refractivity contribution in [1.29, 1.82) is 0 Å². The number of hydrogen-bond donors (Lipinski definition) is 1. The summed E-state index contributed by atoms with van der Waals surface area (Å²) >= 11 is 3.16. The summed E-state index contributed by atoms with van der Waals surface area (Å²) in [5.74, 6) is 0.958. The summed E-state index contributed by atoms with van der Waals surface area (Å²) in [6.07, 6.45) is -0.860. The van der Waals surface area contributed by atoms with E-state index in [1.165, 1.54) is 12.5 Å². The van der Waals surface area contributed by atoms with Gasteiger partial charge in [0.15, 0.2) is 0 Å². The lowest BCUT2D eigenvalue weighted by Crippen LogP contribution is -2.37. The molecule has 0 bridgehead atoms. The number of nitrogens with one attached hydrogen (secondary N) is 1. The predicted octanol–water partition coefficient (Wildman–Crippen LogP) is 5.70. The van der Waals surface area contributed by atoms with Gasteiger partial charge in [0.05, 0.1) is 5.56 Å². The molecule has 2 atom stereocenters. The lowest BCUT2D eigenvalue weighted by atomic mass is 9.78. The van der Waals surface area contributed by atoms with E-state index in [-0.39, 0.29) is 6.04 Å². The van der Waals surface area contributed by atoms with Crippen LogP contribution in [0.2, 0.25) is 0 Å². The molecule has 112 valence electrons. The zero-order valence-electron chi connectivity index (χ0n) is 11.6. The molecule has 1 aliphatic rings. The van der Waals surface area contributed by atoms with E-state index in [1.54, 1.807) is 6.07 Å². The van der Waals surface area contributed by atoms with Crippen LogP contribution in [-0.4, -0.2) is 6.04 Å². The standard InChI is InChI=1S/C15H19BrF3N/c1-9-4-3-5-10(2)14(9)20-13-7-11(15(17,18)19)6-12(16)8-13/h6-10,14,20H,3-5H2,1-2H3. The minimum absolute atomic E-state index is 0.235. The largest absolute Gasteiger partial charge is 0.416 e. The Morgan fingerprint density at radius 2 is 1.70 bits per heavy atom. The third-order valence-electron chi connectivity index (χ3n) is 4.10. The molecule has 0 heterocycles. The third kappa shape index (κ3) is 3.68. The quantitative estimate of drug-likeness (QED) is 0.721. The molecule has 0 amide bonds. The molecule has 2 unspecified atom stereocenters. The van der Waals surface area contributed by atoms with Crippen LogP contribution in [0.5, 0.6) is 0 Å². The van der Waals surface area contributed by atoms with Crippen LogP contribution in [0.3, 0.4) is 0 Å². The maximum Gasteiger partial charge on any atom is 0.416 e. The summed E-state index contributed by atoms with van der Waals surface area (Å²) in [4.78, 5) is 0. The molecule has 1 N–H and O–H groups in total. The van der Waals surface area contributed by atoms with E-state index in [0.29, 0.717) is 22.0 Å². The van der Waals surface area contributed by atoms with Gasteiger partial charge in [0.2, 0.25) is 0 Å². The zero-order chi connectivity index (χ0) is 14.9. The highest BCUT2D eigenvalue weighted by molar-refractivity contribution is 9.10. The van der Waals surface area contributed by atoms with Crippen molar-refractivity contribution in [3.63, 3.8) is 0 Å². The normalized spacial score (nSPS) is 27.4. The maximum absolute atomic E-state index is 12.8. The number of anilines is 1. The van der Waals surface area contributed by atoms with E-state index in [4.69, 9.17) is 0 Å². The van der Waals surface area contributed by atoms with E-state index >= 15 is 0 Å². The molecule has 1 saturated carbocycles. The first-order chi connectivity index (χ1) is 9.27. The van der Waals surface area contributed by atoms with Crippen molar-refractivity contribution in [2.75, 3.05) is 5.32 Å². The Balaban J connectivity index is 2.22. The Morgan fingerprint density at radius 3 is 2.25 bits per heavy atom. The van der Waals surface area contributed by atoms with Crippen molar-refractivity contribution in [2.24, 2.45) is 11.8 Å². The molecule has 0 spiro atoms. The van der Waals surface area contributed by atoms with Crippen molar-refractivity contribution in [1.82, 2.24) is 0 Å². The van der Waals surface area contributed by atoms with Gasteiger partial charge < -0.3 is 5.32 Å².